The van der Waals surface area contributed by atoms with Gasteiger partial charge in [0.2, 0.25) is 5.88 Å². The summed E-state index contributed by atoms with van der Waals surface area (Å²) in [6.07, 6.45) is 1.73. The standard InChI is InChI=1S/C20H22N4O2/c1-12(14-8-6-5-7-9-14)22-18(25)15-13(2)26-19-16(15)17-23-20(3,4)10-24(17)11-21-19/h5-9,11-12H,10H2,1-4H3,(H,22,25)/t12-/m1/s1. The van der Waals surface area contributed by atoms with Gasteiger partial charge in [0.1, 0.15) is 17.9 Å². The molecule has 2 aliphatic heterocycles. The third-order valence-corrected chi connectivity index (χ3v) is 4.72. The number of hydrogen-bond donors (Lipinski definition) is 1. The molecule has 0 saturated heterocycles. The number of amides is 1. The van der Waals surface area contributed by atoms with E-state index in [2.05, 4.69) is 24.2 Å². The minimum atomic E-state index is -0.223. The van der Waals surface area contributed by atoms with Gasteiger partial charge in [-0.15, -0.1) is 0 Å². The van der Waals surface area contributed by atoms with Crippen LogP contribution in [0.3, 0.4) is 0 Å². The number of aliphatic imine (C=N–C) groups is 2. The first-order valence-electron chi connectivity index (χ1n) is 8.76. The molecule has 0 saturated carbocycles. The summed E-state index contributed by atoms with van der Waals surface area (Å²) in [5.74, 6) is 1.59. The molecule has 6 nitrogen and oxygen atoms in total. The Kier molecular flexibility index (Phi) is 3.72. The summed E-state index contributed by atoms with van der Waals surface area (Å²) >= 11 is 0. The normalized spacial score (nSPS) is 18.2. The lowest BCUT2D eigenvalue weighted by atomic mass is 10.1. The molecule has 0 radical (unpaired) electrons. The van der Waals surface area contributed by atoms with Gasteiger partial charge in [0.05, 0.1) is 29.3 Å². The summed E-state index contributed by atoms with van der Waals surface area (Å²) in [4.78, 5) is 24.2. The van der Waals surface area contributed by atoms with Crippen LogP contribution in [0.25, 0.3) is 0 Å². The lowest BCUT2D eigenvalue weighted by Gasteiger charge is -2.20. The maximum Gasteiger partial charge on any atom is 0.256 e. The van der Waals surface area contributed by atoms with Crippen molar-refractivity contribution in [2.75, 3.05) is 6.54 Å². The summed E-state index contributed by atoms with van der Waals surface area (Å²) in [6.45, 7) is 8.62. The molecule has 4 rings (SSSR count). The Labute approximate surface area is 152 Å². The maximum atomic E-state index is 13.0. The fraction of sp³-hybridized carbons (Fsp3) is 0.350. The average molecular weight is 350 g/mol. The van der Waals surface area contributed by atoms with Crippen molar-refractivity contribution in [3.8, 4) is 0 Å². The third kappa shape index (κ3) is 2.71. The fourth-order valence-electron chi connectivity index (χ4n) is 3.49. The monoisotopic (exact) mass is 350 g/mol. The molecule has 3 heterocycles. The Balaban J connectivity index is 1.70. The Morgan fingerprint density at radius 1 is 1.31 bits per heavy atom. The van der Waals surface area contributed by atoms with Crippen LogP contribution in [0, 0.1) is 6.92 Å². The first kappa shape index (κ1) is 16.6. The number of aryl methyl sites for hydroxylation is 1. The molecule has 1 aromatic heterocycles. The molecule has 6 heteroatoms. The Hall–Kier alpha value is -2.89. The van der Waals surface area contributed by atoms with Crippen LogP contribution in [-0.2, 0) is 0 Å². The summed E-state index contributed by atoms with van der Waals surface area (Å²) in [5.41, 5.74) is 2.03. The molecule has 2 aliphatic rings. The van der Waals surface area contributed by atoms with Crippen LogP contribution in [0.4, 0.5) is 5.88 Å². The lowest BCUT2D eigenvalue weighted by molar-refractivity contribution is 0.0938. The SMILES string of the molecule is Cc1oc2c(c1C(=O)N[C@H](C)c1ccccc1)C1=NC(C)(C)CN1C=N2. The molecule has 26 heavy (non-hydrogen) atoms. The smallest absolute Gasteiger partial charge is 0.256 e. The van der Waals surface area contributed by atoms with Crippen molar-refractivity contribution < 1.29 is 9.21 Å². The lowest BCUT2D eigenvalue weighted by Crippen LogP contribution is -2.34. The van der Waals surface area contributed by atoms with E-state index in [1.54, 1.807) is 13.3 Å². The molecule has 1 N–H and O–H groups in total. The molecular formula is C20H22N4O2. The minimum absolute atomic E-state index is 0.112. The van der Waals surface area contributed by atoms with Gasteiger partial charge in [0.25, 0.3) is 5.91 Å². The first-order valence-corrected chi connectivity index (χ1v) is 8.76. The Morgan fingerprint density at radius 3 is 2.77 bits per heavy atom. The maximum absolute atomic E-state index is 13.0. The molecule has 134 valence electrons. The predicted octanol–water partition coefficient (Wildman–Crippen LogP) is 3.59. The van der Waals surface area contributed by atoms with Gasteiger partial charge in [-0.1, -0.05) is 30.3 Å². The van der Waals surface area contributed by atoms with E-state index < -0.39 is 0 Å². The number of amidine groups is 1. The van der Waals surface area contributed by atoms with E-state index in [0.717, 1.165) is 17.9 Å². The number of rotatable bonds is 3. The molecule has 1 atom stereocenters. The van der Waals surface area contributed by atoms with Crippen LogP contribution in [0.2, 0.25) is 0 Å². The number of furan rings is 1. The second-order valence-electron chi connectivity index (χ2n) is 7.44. The van der Waals surface area contributed by atoms with Crippen molar-refractivity contribution in [2.45, 2.75) is 39.3 Å². The van der Waals surface area contributed by atoms with Crippen LogP contribution in [-0.4, -0.2) is 35.1 Å². The molecule has 2 aromatic rings. The highest BCUT2D eigenvalue weighted by Crippen LogP contribution is 2.37. The van der Waals surface area contributed by atoms with E-state index in [1.165, 1.54) is 0 Å². The number of nitrogens with zero attached hydrogens (tertiary/aromatic N) is 3. The number of carbonyl (C=O) groups is 1. The van der Waals surface area contributed by atoms with Crippen molar-refractivity contribution in [3.05, 3.63) is 52.8 Å². The zero-order valence-electron chi connectivity index (χ0n) is 15.4. The molecule has 0 aliphatic carbocycles. The summed E-state index contributed by atoms with van der Waals surface area (Å²) in [7, 11) is 0. The predicted molar refractivity (Wildman–Crippen MR) is 101 cm³/mol. The molecule has 0 spiro atoms. The van der Waals surface area contributed by atoms with Gasteiger partial charge in [-0.25, -0.2) is 4.99 Å². The van der Waals surface area contributed by atoms with Gasteiger partial charge >= 0.3 is 0 Å². The highest BCUT2D eigenvalue weighted by atomic mass is 16.4. The minimum Gasteiger partial charge on any atom is -0.442 e. The first-order chi connectivity index (χ1) is 12.4. The van der Waals surface area contributed by atoms with E-state index in [1.807, 2.05) is 42.2 Å². The van der Waals surface area contributed by atoms with Gasteiger partial charge in [-0.05, 0) is 33.3 Å². The third-order valence-electron chi connectivity index (χ3n) is 4.72. The second kappa shape index (κ2) is 5.83. The highest BCUT2D eigenvalue weighted by molar-refractivity contribution is 6.17. The van der Waals surface area contributed by atoms with Crippen LogP contribution in [0.5, 0.6) is 0 Å². The number of benzene rings is 1. The van der Waals surface area contributed by atoms with Crippen LogP contribution in [0.1, 0.15) is 54.1 Å². The average Bonchev–Trinajstić information content (AvgIpc) is 3.10. The number of carbonyl (C=O) groups excluding carboxylic acids is 1. The van der Waals surface area contributed by atoms with E-state index in [4.69, 9.17) is 9.41 Å². The molecular weight excluding hydrogens is 328 g/mol. The molecule has 0 bridgehead atoms. The molecule has 1 aromatic carbocycles. The van der Waals surface area contributed by atoms with Crippen molar-refractivity contribution in [2.24, 2.45) is 9.98 Å². The Bertz CT molecular complexity index is 925. The number of hydrogen-bond acceptors (Lipinski definition) is 5. The van der Waals surface area contributed by atoms with Crippen LogP contribution >= 0.6 is 0 Å². The molecule has 0 unspecified atom stereocenters. The van der Waals surface area contributed by atoms with Crippen molar-refractivity contribution in [1.82, 2.24) is 10.2 Å². The van der Waals surface area contributed by atoms with E-state index in [-0.39, 0.29) is 17.5 Å². The van der Waals surface area contributed by atoms with Gasteiger partial charge in [-0.3, -0.25) is 9.79 Å². The molecule has 0 fully saturated rings. The highest BCUT2D eigenvalue weighted by Gasteiger charge is 2.39. The van der Waals surface area contributed by atoms with Gasteiger partial charge < -0.3 is 14.6 Å². The zero-order valence-corrected chi connectivity index (χ0v) is 15.4. The Morgan fingerprint density at radius 2 is 2.04 bits per heavy atom. The zero-order chi connectivity index (χ0) is 18.5. The number of fused-ring (bicyclic) bond motifs is 3. The number of nitrogens with one attached hydrogen (secondary N) is 1. The van der Waals surface area contributed by atoms with E-state index in [9.17, 15) is 4.79 Å². The summed E-state index contributed by atoms with van der Waals surface area (Å²) in [5, 5.41) is 3.07. The summed E-state index contributed by atoms with van der Waals surface area (Å²) in [6, 6.07) is 9.77. The van der Waals surface area contributed by atoms with Gasteiger partial charge in [0.15, 0.2) is 0 Å². The van der Waals surface area contributed by atoms with Gasteiger partial charge in [-0.2, -0.15) is 0 Å². The van der Waals surface area contributed by atoms with Crippen LogP contribution < -0.4 is 5.32 Å². The van der Waals surface area contributed by atoms with E-state index in [0.29, 0.717) is 22.8 Å². The van der Waals surface area contributed by atoms with E-state index >= 15 is 0 Å². The molecule has 1 amide bonds. The topological polar surface area (TPSA) is 70.2 Å². The fourth-order valence-corrected chi connectivity index (χ4v) is 3.49. The quantitative estimate of drug-likeness (QED) is 0.919. The largest absolute Gasteiger partial charge is 0.442 e. The van der Waals surface area contributed by atoms with Gasteiger partial charge in [0, 0.05) is 0 Å². The second-order valence-corrected chi connectivity index (χ2v) is 7.44. The van der Waals surface area contributed by atoms with Crippen molar-refractivity contribution in [3.63, 3.8) is 0 Å². The van der Waals surface area contributed by atoms with Crippen molar-refractivity contribution in [1.29, 1.82) is 0 Å². The van der Waals surface area contributed by atoms with Crippen molar-refractivity contribution >= 4 is 24.0 Å². The summed E-state index contributed by atoms with van der Waals surface area (Å²) < 4.78 is 5.76. The van der Waals surface area contributed by atoms with Crippen LogP contribution in [0.15, 0.2) is 44.7 Å².